The first-order valence-corrected chi connectivity index (χ1v) is 7.41. The van der Waals surface area contributed by atoms with E-state index in [0.29, 0.717) is 23.1 Å². The summed E-state index contributed by atoms with van der Waals surface area (Å²) >= 11 is 0. The molecule has 0 bridgehead atoms. The second-order valence-corrected chi connectivity index (χ2v) is 5.77. The van der Waals surface area contributed by atoms with E-state index in [4.69, 9.17) is 4.74 Å². The minimum Gasteiger partial charge on any atom is -0.504 e. The van der Waals surface area contributed by atoms with Crippen molar-refractivity contribution in [3.63, 3.8) is 0 Å². The highest BCUT2D eigenvalue weighted by Gasteiger charge is 2.54. The number of methoxy groups -OCH3 is 1. The highest BCUT2D eigenvalue weighted by atomic mass is 16.5. The Morgan fingerprint density at radius 3 is 2.76 bits per heavy atom. The Balaban J connectivity index is 1.59. The predicted molar refractivity (Wildman–Crippen MR) is 79.3 cm³/mol. The Kier molecular flexibility index (Phi) is 3.82. The molecular weight excluding hydrogens is 268 g/mol. The van der Waals surface area contributed by atoms with Gasteiger partial charge in [0.15, 0.2) is 11.5 Å². The first kappa shape index (κ1) is 13.9. The third-order valence-corrected chi connectivity index (χ3v) is 4.59. The normalized spacial score (nSPS) is 27.2. The number of carbonyl (C=O) groups excluding carboxylic acids is 1. The molecule has 2 N–H and O–H groups in total. The number of hydrogen-bond acceptors (Lipinski definition) is 4. The average molecular weight is 288 g/mol. The van der Waals surface area contributed by atoms with Gasteiger partial charge < -0.3 is 9.84 Å². The third-order valence-electron chi connectivity index (χ3n) is 4.59. The summed E-state index contributed by atoms with van der Waals surface area (Å²) < 4.78 is 5.03. The monoisotopic (exact) mass is 288 g/mol. The number of carbonyl (C=O) groups is 1. The molecule has 5 heteroatoms. The Hall–Kier alpha value is -2.04. The summed E-state index contributed by atoms with van der Waals surface area (Å²) in [5, 5.41) is 13.9. The van der Waals surface area contributed by atoms with Gasteiger partial charge in [0, 0.05) is 11.5 Å². The molecule has 5 nitrogen and oxygen atoms in total. The summed E-state index contributed by atoms with van der Waals surface area (Å²) in [6, 6.07) is 5.14. The number of para-hydroxylation sites is 1. The van der Waals surface area contributed by atoms with Gasteiger partial charge in [0.2, 0.25) is 5.91 Å². The van der Waals surface area contributed by atoms with E-state index in [1.54, 1.807) is 18.2 Å². The van der Waals surface area contributed by atoms with Gasteiger partial charge in [-0.25, -0.2) is 5.43 Å². The molecule has 0 unspecified atom stereocenters. The fourth-order valence-electron chi connectivity index (χ4n) is 3.43. The van der Waals surface area contributed by atoms with Gasteiger partial charge in [-0.3, -0.25) is 4.79 Å². The highest BCUT2D eigenvalue weighted by molar-refractivity contribution is 5.87. The number of fused-ring (bicyclic) bond motifs is 1. The minimum absolute atomic E-state index is 0.00513. The minimum atomic E-state index is 0.00513. The first-order chi connectivity index (χ1) is 10.2. The Labute approximate surface area is 124 Å². The molecule has 0 aromatic heterocycles. The van der Waals surface area contributed by atoms with Crippen molar-refractivity contribution < 1.29 is 14.6 Å². The van der Waals surface area contributed by atoms with Crippen molar-refractivity contribution >= 4 is 12.1 Å². The van der Waals surface area contributed by atoms with Crippen molar-refractivity contribution in [2.75, 3.05) is 7.11 Å². The van der Waals surface area contributed by atoms with Gasteiger partial charge in [0.25, 0.3) is 0 Å². The zero-order valence-corrected chi connectivity index (χ0v) is 12.1. The standard InChI is InChI=1S/C16H20N2O3/c1-21-13-8-4-5-10(15(13)19)9-17-18-16(20)14-11-6-2-3-7-12(11)14/h4-5,8-9,11-12,14,19H,2-3,6-7H2,1H3,(H,18,20)/b17-9-/t11-,12-/m1/s1. The topological polar surface area (TPSA) is 70.9 Å². The molecule has 1 aromatic rings. The average Bonchev–Trinajstić information content (AvgIpc) is 3.23. The Morgan fingerprint density at radius 1 is 1.38 bits per heavy atom. The summed E-state index contributed by atoms with van der Waals surface area (Å²) in [7, 11) is 1.49. The fraction of sp³-hybridized carbons (Fsp3) is 0.500. The number of hydrazone groups is 1. The Morgan fingerprint density at radius 2 is 2.10 bits per heavy atom. The lowest BCUT2D eigenvalue weighted by Crippen LogP contribution is -2.20. The first-order valence-electron chi connectivity index (χ1n) is 7.41. The molecule has 0 heterocycles. The number of amides is 1. The van der Waals surface area contributed by atoms with Crippen molar-refractivity contribution in [1.82, 2.24) is 5.43 Å². The predicted octanol–water partition coefficient (Wildman–Crippen LogP) is 2.29. The summed E-state index contributed by atoms with van der Waals surface area (Å²) in [5.74, 6) is 1.70. The molecule has 2 fully saturated rings. The van der Waals surface area contributed by atoms with E-state index in [9.17, 15) is 9.90 Å². The lowest BCUT2D eigenvalue weighted by molar-refractivity contribution is -0.122. The zero-order valence-electron chi connectivity index (χ0n) is 12.1. The quantitative estimate of drug-likeness (QED) is 0.659. The number of nitrogens with zero attached hydrogens (tertiary/aromatic N) is 1. The molecule has 0 aliphatic heterocycles. The molecular formula is C16H20N2O3. The van der Waals surface area contributed by atoms with Crippen molar-refractivity contribution in [2.45, 2.75) is 25.7 Å². The second kappa shape index (κ2) is 5.76. The van der Waals surface area contributed by atoms with E-state index in [1.807, 2.05) is 0 Å². The number of phenols is 1. The molecule has 21 heavy (non-hydrogen) atoms. The van der Waals surface area contributed by atoms with Crippen LogP contribution in [0.2, 0.25) is 0 Å². The van der Waals surface area contributed by atoms with Gasteiger partial charge >= 0.3 is 0 Å². The van der Waals surface area contributed by atoms with Gasteiger partial charge in [-0.1, -0.05) is 18.9 Å². The van der Waals surface area contributed by atoms with E-state index in [-0.39, 0.29) is 17.6 Å². The van der Waals surface area contributed by atoms with Gasteiger partial charge in [0.05, 0.1) is 13.3 Å². The number of rotatable bonds is 4. The number of phenolic OH excluding ortho intramolecular Hbond substituents is 1. The van der Waals surface area contributed by atoms with Crippen LogP contribution in [0.4, 0.5) is 0 Å². The van der Waals surface area contributed by atoms with E-state index in [1.165, 1.54) is 39.0 Å². The Bertz CT molecular complexity index is 559. The maximum Gasteiger partial charge on any atom is 0.243 e. The zero-order chi connectivity index (χ0) is 14.8. The summed E-state index contributed by atoms with van der Waals surface area (Å²) in [6.45, 7) is 0. The maximum absolute atomic E-state index is 12.1. The van der Waals surface area contributed by atoms with Crippen LogP contribution in [0.25, 0.3) is 0 Å². The summed E-state index contributed by atoms with van der Waals surface area (Å²) in [5.41, 5.74) is 3.11. The molecule has 1 amide bonds. The van der Waals surface area contributed by atoms with E-state index in [2.05, 4.69) is 10.5 Å². The lowest BCUT2D eigenvalue weighted by atomic mass is 10.0. The molecule has 2 aliphatic rings. The van der Waals surface area contributed by atoms with E-state index >= 15 is 0 Å². The van der Waals surface area contributed by atoms with Crippen molar-refractivity contribution in [1.29, 1.82) is 0 Å². The number of hydrogen-bond donors (Lipinski definition) is 2. The molecule has 0 spiro atoms. The highest BCUT2D eigenvalue weighted by Crippen LogP contribution is 2.55. The van der Waals surface area contributed by atoms with Gasteiger partial charge in [-0.15, -0.1) is 0 Å². The van der Waals surface area contributed by atoms with Gasteiger partial charge in [-0.2, -0.15) is 5.10 Å². The number of ether oxygens (including phenoxy) is 1. The SMILES string of the molecule is COc1cccc(/C=N\NC(=O)C2[C@@H]3CCCC[C@@H]23)c1O. The van der Waals surface area contributed by atoms with Crippen LogP contribution in [0.5, 0.6) is 11.5 Å². The summed E-state index contributed by atoms with van der Waals surface area (Å²) in [4.78, 5) is 12.1. The molecule has 0 radical (unpaired) electrons. The molecule has 2 saturated carbocycles. The summed E-state index contributed by atoms with van der Waals surface area (Å²) in [6.07, 6.45) is 6.27. The van der Waals surface area contributed by atoms with Crippen LogP contribution in [0, 0.1) is 17.8 Å². The third kappa shape index (κ3) is 2.73. The van der Waals surface area contributed by atoms with Crippen LogP contribution in [-0.4, -0.2) is 24.3 Å². The van der Waals surface area contributed by atoms with Crippen LogP contribution in [-0.2, 0) is 4.79 Å². The van der Waals surface area contributed by atoms with Crippen LogP contribution < -0.4 is 10.2 Å². The molecule has 1 aromatic carbocycles. The van der Waals surface area contributed by atoms with Crippen LogP contribution in [0.3, 0.4) is 0 Å². The second-order valence-electron chi connectivity index (χ2n) is 5.77. The van der Waals surface area contributed by atoms with Crippen LogP contribution >= 0.6 is 0 Å². The smallest absolute Gasteiger partial charge is 0.243 e. The van der Waals surface area contributed by atoms with E-state index in [0.717, 1.165) is 0 Å². The molecule has 3 rings (SSSR count). The number of nitrogens with one attached hydrogen (secondary N) is 1. The lowest BCUT2D eigenvalue weighted by Gasteiger charge is -2.04. The van der Waals surface area contributed by atoms with E-state index < -0.39 is 0 Å². The molecule has 0 saturated heterocycles. The fourth-order valence-corrected chi connectivity index (χ4v) is 3.43. The van der Waals surface area contributed by atoms with Gasteiger partial charge in [-0.05, 0) is 36.8 Å². The number of aromatic hydroxyl groups is 1. The molecule has 112 valence electrons. The van der Waals surface area contributed by atoms with Crippen LogP contribution in [0.15, 0.2) is 23.3 Å². The number of benzene rings is 1. The van der Waals surface area contributed by atoms with Gasteiger partial charge in [0.1, 0.15) is 0 Å². The molecule has 2 atom stereocenters. The largest absolute Gasteiger partial charge is 0.504 e. The van der Waals surface area contributed by atoms with Crippen molar-refractivity contribution in [3.05, 3.63) is 23.8 Å². The van der Waals surface area contributed by atoms with Crippen molar-refractivity contribution in [2.24, 2.45) is 22.9 Å². The maximum atomic E-state index is 12.1. The van der Waals surface area contributed by atoms with Crippen LogP contribution in [0.1, 0.15) is 31.2 Å². The van der Waals surface area contributed by atoms with Crippen molar-refractivity contribution in [3.8, 4) is 11.5 Å². The molecule has 2 aliphatic carbocycles.